The number of benzene rings is 1. The molecule has 1 aromatic carbocycles. The predicted octanol–water partition coefficient (Wildman–Crippen LogP) is 3.41. The molecular formula is C15H19Cl2NO4S. The lowest BCUT2D eigenvalue weighted by Crippen LogP contribution is -2.48. The summed E-state index contributed by atoms with van der Waals surface area (Å²) < 4.78 is 32.2. The standard InChI is InChI=1S/C15H19Cl2NO4S/c1-3-22-15(19)13-6-4-5-7-18(13)23(20,21)14-8-10(2)11(16)9-12(14)17/h8-9,13H,3-7H2,1-2H3. The smallest absolute Gasteiger partial charge is 0.324 e. The van der Waals surface area contributed by atoms with Crippen molar-refractivity contribution in [1.82, 2.24) is 4.31 Å². The number of ether oxygens (including phenoxy) is 1. The molecule has 128 valence electrons. The molecule has 1 aliphatic rings. The number of piperidine rings is 1. The van der Waals surface area contributed by atoms with Crippen molar-refractivity contribution in [3.05, 3.63) is 27.7 Å². The Hall–Kier alpha value is -0.820. The van der Waals surface area contributed by atoms with Crippen molar-refractivity contribution in [3.8, 4) is 0 Å². The molecule has 1 heterocycles. The minimum Gasteiger partial charge on any atom is -0.465 e. The Kier molecular flexibility index (Phi) is 5.94. The lowest BCUT2D eigenvalue weighted by atomic mass is 10.1. The van der Waals surface area contributed by atoms with E-state index >= 15 is 0 Å². The molecule has 1 saturated heterocycles. The Morgan fingerprint density at radius 1 is 1.30 bits per heavy atom. The first kappa shape index (κ1) is 18.5. The number of hydrogen-bond acceptors (Lipinski definition) is 4. The molecule has 0 spiro atoms. The van der Waals surface area contributed by atoms with Gasteiger partial charge in [0.1, 0.15) is 10.9 Å². The Morgan fingerprint density at radius 2 is 2.00 bits per heavy atom. The fraction of sp³-hybridized carbons (Fsp3) is 0.533. The van der Waals surface area contributed by atoms with E-state index in [1.165, 1.54) is 16.4 Å². The van der Waals surface area contributed by atoms with Crippen molar-refractivity contribution < 1.29 is 17.9 Å². The summed E-state index contributed by atoms with van der Waals surface area (Å²) in [7, 11) is -3.90. The second-order valence-corrected chi connectivity index (χ2v) is 8.08. The van der Waals surface area contributed by atoms with Gasteiger partial charge in [-0.25, -0.2) is 8.42 Å². The summed E-state index contributed by atoms with van der Waals surface area (Å²) in [5, 5.41) is 0.448. The number of esters is 1. The molecule has 0 aromatic heterocycles. The van der Waals surface area contributed by atoms with E-state index in [2.05, 4.69) is 0 Å². The highest BCUT2D eigenvalue weighted by atomic mass is 35.5. The fourth-order valence-corrected chi connectivity index (χ4v) is 5.08. The van der Waals surface area contributed by atoms with Gasteiger partial charge in [0.15, 0.2) is 0 Å². The zero-order valence-corrected chi connectivity index (χ0v) is 15.3. The summed E-state index contributed by atoms with van der Waals surface area (Å²) >= 11 is 12.1. The maximum Gasteiger partial charge on any atom is 0.324 e. The molecule has 0 bridgehead atoms. The summed E-state index contributed by atoms with van der Waals surface area (Å²) in [6, 6.07) is 2.05. The van der Waals surface area contributed by atoms with E-state index in [4.69, 9.17) is 27.9 Å². The number of nitrogens with zero attached hydrogens (tertiary/aromatic N) is 1. The molecule has 5 nitrogen and oxygen atoms in total. The Labute approximate surface area is 146 Å². The quantitative estimate of drug-likeness (QED) is 0.751. The SMILES string of the molecule is CCOC(=O)C1CCCCN1S(=O)(=O)c1cc(C)c(Cl)cc1Cl. The average molecular weight is 380 g/mol. The Balaban J connectivity index is 2.44. The highest BCUT2D eigenvalue weighted by Gasteiger charge is 2.39. The Bertz CT molecular complexity index is 706. The molecule has 0 saturated carbocycles. The lowest BCUT2D eigenvalue weighted by Gasteiger charge is -2.33. The van der Waals surface area contributed by atoms with E-state index in [1.807, 2.05) is 0 Å². The van der Waals surface area contributed by atoms with Crippen LogP contribution in [0.3, 0.4) is 0 Å². The summed E-state index contributed by atoms with van der Waals surface area (Å²) in [6.07, 6.45) is 1.92. The van der Waals surface area contributed by atoms with E-state index in [9.17, 15) is 13.2 Å². The van der Waals surface area contributed by atoms with Crippen molar-refractivity contribution >= 4 is 39.2 Å². The van der Waals surface area contributed by atoms with Crippen LogP contribution in [0.2, 0.25) is 10.0 Å². The van der Waals surface area contributed by atoms with Crippen molar-refractivity contribution in [1.29, 1.82) is 0 Å². The fourth-order valence-electron chi connectivity index (χ4n) is 2.62. The third kappa shape index (κ3) is 3.82. The van der Waals surface area contributed by atoms with Crippen molar-refractivity contribution in [3.63, 3.8) is 0 Å². The van der Waals surface area contributed by atoms with Crippen LogP contribution in [0.15, 0.2) is 17.0 Å². The zero-order chi connectivity index (χ0) is 17.2. The molecule has 0 radical (unpaired) electrons. The minimum absolute atomic E-state index is 0.0303. The van der Waals surface area contributed by atoms with Crippen LogP contribution < -0.4 is 0 Å². The first-order chi connectivity index (χ1) is 10.8. The highest BCUT2D eigenvalue weighted by molar-refractivity contribution is 7.89. The van der Waals surface area contributed by atoms with Crippen LogP contribution in [0.4, 0.5) is 0 Å². The van der Waals surface area contributed by atoms with Gasteiger partial charge >= 0.3 is 5.97 Å². The normalized spacial score (nSPS) is 19.6. The predicted molar refractivity (Wildman–Crippen MR) is 89.4 cm³/mol. The van der Waals surface area contributed by atoms with E-state index < -0.39 is 22.0 Å². The van der Waals surface area contributed by atoms with Crippen LogP contribution in [0.25, 0.3) is 0 Å². The van der Waals surface area contributed by atoms with Gasteiger partial charge in [-0.3, -0.25) is 4.79 Å². The van der Waals surface area contributed by atoms with Gasteiger partial charge in [-0.05, 0) is 50.8 Å². The number of carbonyl (C=O) groups is 1. The summed E-state index contributed by atoms with van der Waals surface area (Å²) in [5.74, 6) is -0.516. The van der Waals surface area contributed by atoms with Gasteiger partial charge in [-0.2, -0.15) is 4.31 Å². The molecule has 1 aliphatic heterocycles. The van der Waals surface area contributed by atoms with Crippen molar-refractivity contribution in [2.24, 2.45) is 0 Å². The summed E-state index contributed by atoms with van der Waals surface area (Å²) in [6.45, 7) is 3.88. The Morgan fingerprint density at radius 3 is 2.65 bits per heavy atom. The van der Waals surface area contributed by atoms with Crippen LogP contribution in [-0.2, 0) is 19.6 Å². The largest absolute Gasteiger partial charge is 0.465 e. The van der Waals surface area contributed by atoms with Crippen LogP contribution in [0.5, 0.6) is 0 Å². The second kappa shape index (κ2) is 7.38. The van der Waals surface area contributed by atoms with E-state index in [0.717, 1.165) is 6.42 Å². The number of carbonyl (C=O) groups excluding carboxylic acids is 1. The topological polar surface area (TPSA) is 63.7 Å². The second-order valence-electron chi connectivity index (χ2n) is 5.41. The number of hydrogen-bond donors (Lipinski definition) is 0. The number of halogens is 2. The average Bonchev–Trinajstić information content (AvgIpc) is 2.51. The third-order valence-corrected chi connectivity index (χ3v) is 6.59. The number of aryl methyl sites for hydroxylation is 1. The molecule has 0 amide bonds. The summed E-state index contributed by atoms with van der Waals surface area (Å²) in [4.78, 5) is 12.1. The number of rotatable bonds is 4. The molecule has 0 aliphatic carbocycles. The molecule has 1 fully saturated rings. The monoisotopic (exact) mass is 379 g/mol. The molecule has 1 unspecified atom stereocenters. The van der Waals surface area contributed by atoms with Gasteiger partial charge in [0.2, 0.25) is 10.0 Å². The lowest BCUT2D eigenvalue weighted by molar-refractivity contribution is -0.148. The van der Waals surface area contributed by atoms with Gasteiger partial charge in [-0.1, -0.05) is 23.2 Å². The third-order valence-electron chi connectivity index (χ3n) is 3.81. The van der Waals surface area contributed by atoms with E-state index in [1.54, 1.807) is 13.8 Å². The molecule has 23 heavy (non-hydrogen) atoms. The minimum atomic E-state index is -3.90. The van der Waals surface area contributed by atoms with Gasteiger partial charge < -0.3 is 4.74 Å². The van der Waals surface area contributed by atoms with Crippen molar-refractivity contribution in [2.75, 3.05) is 13.2 Å². The molecule has 8 heteroatoms. The highest BCUT2D eigenvalue weighted by Crippen LogP contribution is 2.33. The van der Waals surface area contributed by atoms with Gasteiger partial charge in [0, 0.05) is 11.6 Å². The molecule has 1 aromatic rings. The maximum atomic E-state index is 13.0. The molecule has 0 N–H and O–H groups in total. The van der Waals surface area contributed by atoms with Crippen LogP contribution in [-0.4, -0.2) is 37.9 Å². The van der Waals surface area contributed by atoms with E-state index in [0.29, 0.717) is 23.4 Å². The van der Waals surface area contributed by atoms with Crippen LogP contribution >= 0.6 is 23.2 Å². The van der Waals surface area contributed by atoms with Gasteiger partial charge in [0.25, 0.3) is 0 Å². The zero-order valence-electron chi connectivity index (χ0n) is 13.0. The van der Waals surface area contributed by atoms with Gasteiger partial charge in [0.05, 0.1) is 11.6 Å². The maximum absolute atomic E-state index is 13.0. The molecule has 1 atom stereocenters. The van der Waals surface area contributed by atoms with E-state index in [-0.39, 0.29) is 23.1 Å². The first-order valence-electron chi connectivity index (χ1n) is 7.43. The van der Waals surface area contributed by atoms with Crippen LogP contribution in [0.1, 0.15) is 31.7 Å². The van der Waals surface area contributed by atoms with Gasteiger partial charge in [-0.15, -0.1) is 0 Å². The molecular weight excluding hydrogens is 361 g/mol. The first-order valence-corrected chi connectivity index (χ1v) is 9.62. The van der Waals surface area contributed by atoms with Crippen LogP contribution in [0, 0.1) is 6.92 Å². The molecule has 2 rings (SSSR count). The number of sulfonamides is 1. The van der Waals surface area contributed by atoms with Crippen molar-refractivity contribution in [2.45, 2.75) is 44.0 Å². The summed E-state index contributed by atoms with van der Waals surface area (Å²) in [5.41, 5.74) is 0.610.